The van der Waals surface area contributed by atoms with E-state index in [1.165, 1.54) is 21.0 Å². The zero-order chi connectivity index (χ0) is 21.1. The second-order valence-electron chi connectivity index (χ2n) is 5.35. The molecule has 2 amide bonds. The van der Waals surface area contributed by atoms with Gasteiger partial charge in [0.1, 0.15) is 11.8 Å². The molecule has 0 heterocycles. The van der Waals surface area contributed by atoms with Gasteiger partial charge in [-0.15, -0.1) is 0 Å². The van der Waals surface area contributed by atoms with Crippen LogP contribution in [0.3, 0.4) is 0 Å². The lowest BCUT2D eigenvalue weighted by atomic mass is 10.2. The second-order valence-corrected chi connectivity index (χ2v) is 6.16. The van der Waals surface area contributed by atoms with Crippen molar-refractivity contribution in [3.63, 3.8) is 0 Å². The number of methoxy groups -OCH3 is 1. The SMILES string of the molecule is COC(=O)[C@H](C)N(C)C(=O)N(C)c1cc(OC(F)(F)C(F)F)c(Cl)cc1Cl. The van der Waals surface area contributed by atoms with Crippen LogP contribution in [0, 0.1) is 0 Å². The maximum atomic E-state index is 13.2. The number of ether oxygens (including phenoxy) is 2. The average molecular weight is 435 g/mol. The highest BCUT2D eigenvalue weighted by Gasteiger charge is 2.44. The number of hydrogen-bond acceptors (Lipinski definition) is 4. The van der Waals surface area contributed by atoms with E-state index in [4.69, 9.17) is 23.2 Å². The minimum Gasteiger partial charge on any atom is -0.467 e. The molecule has 0 fully saturated rings. The van der Waals surface area contributed by atoms with Crippen molar-refractivity contribution in [2.24, 2.45) is 0 Å². The Kier molecular flexibility index (Phi) is 7.56. The highest BCUT2D eigenvalue weighted by Crippen LogP contribution is 2.39. The van der Waals surface area contributed by atoms with E-state index >= 15 is 0 Å². The summed E-state index contributed by atoms with van der Waals surface area (Å²) in [5, 5.41) is -0.594. The van der Waals surface area contributed by atoms with Gasteiger partial charge in [0.25, 0.3) is 0 Å². The molecule has 0 aliphatic carbocycles. The van der Waals surface area contributed by atoms with Crippen LogP contribution in [-0.4, -0.2) is 56.7 Å². The third-order valence-electron chi connectivity index (χ3n) is 3.57. The molecule has 1 rings (SSSR count). The van der Waals surface area contributed by atoms with Gasteiger partial charge in [-0.05, 0) is 13.0 Å². The van der Waals surface area contributed by atoms with Gasteiger partial charge in [0.15, 0.2) is 0 Å². The van der Waals surface area contributed by atoms with Crippen molar-refractivity contribution < 1.29 is 36.6 Å². The summed E-state index contributed by atoms with van der Waals surface area (Å²) in [5.41, 5.74) is -0.157. The number of rotatable bonds is 6. The van der Waals surface area contributed by atoms with Gasteiger partial charge in [-0.3, -0.25) is 4.90 Å². The van der Waals surface area contributed by atoms with Gasteiger partial charge in [-0.25, -0.2) is 9.59 Å². The lowest BCUT2D eigenvalue weighted by Gasteiger charge is -2.29. The molecule has 0 aromatic heterocycles. The van der Waals surface area contributed by atoms with E-state index in [0.29, 0.717) is 0 Å². The quantitative estimate of drug-likeness (QED) is 0.495. The first kappa shape index (κ1) is 23.1. The van der Waals surface area contributed by atoms with Crippen LogP contribution in [0.4, 0.5) is 28.0 Å². The fraction of sp³-hybridized carbons (Fsp3) is 0.467. The molecule has 0 unspecified atom stereocenters. The minimum absolute atomic E-state index is 0.136. The number of nitrogens with zero attached hydrogens (tertiary/aromatic N) is 2. The molecule has 0 radical (unpaired) electrons. The van der Waals surface area contributed by atoms with Crippen molar-refractivity contribution >= 4 is 40.9 Å². The topological polar surface area (TPSA) is 59.1 Å². The molecular formula is C15H16Cl2F4N2O4. The Labute approximate surface area is 162 Å². The molecule has 1 aromatic rings. The second kappa shape index (κ2) is 8.83. The van der Waals surface area contributed by atoms with Gasteiger partial charge < -0.3 is 14.4 Å². The predicted octanol–water partition coefficient (Wildman–Crippen LogP) is 4.28. The Hall–Kier alpha value is -1.94. The molecule has 0 spiro atoms. The van der Waals surface area contributed by atoms with E-state index in [-0.39, 0.29) is 10.7 Å². The van der Waals surface area contributed by atoms with Gasteiger partial charge in [0, 0.05) is 20.2 Å². The van der Waals surface area contributed by atoms with Crippen LogP contribution in [0.15, 0.2) is 12.1 Å². The van der Waals surface area contributed by atoms with Crippen molar-refractivity contribution in [2.45, 2.75) is 25.5 Å². The summed E-state index contributed by atoms with van der Waals surface area (Å²) in [6.07, 6.45) is -8.90. The standard InChI is InChI=1S/C15H16Cl2F4N2O4/c1-7(12(24)26-4)22(2)14(25)23(3)10-6-11(9(17)5-8(10)16)27-15(20,21)13(18)19/h5-7,13H,1-4H3/t7-/m0/s1. The van der Waals surface area contributed by atoms with Crippen LogP contribution in [-0.2, 0) is 9.53 Å². The van der Waals surface area contributed by atoms with Gasteiger partial charge in [0.2, 0.25) is 0 Å². The van der Waals surface area contributed by atoms with Gasteiger partial charge in [-0.1, -0.05) is 23.2 Å². The monoisotopic (exact) mass is 434 g/mol. The number of alkyl halides is 4. The van der Waals surface area contributed by atoms with Crippen molar-refractivity contribution in [1.29, 1.82) is 0 Å². The first-order valence-electron chi connectivity index (χ1n) is 7.25. The Balaban J connectivity index is 3.20. The number of carbonyl (C=O) groups excluding carboxylic acids is 2. The highest BCUT2D eigenvalue weighted by atomic mass is 35.5. The van der Waals surface area contributed by atoms with Crippen molar-refractivity contribution in [1.82, 2.24) is 4.90 Å². The number of likely N-dealkylation sites (N-methyl/N-ethyl adjacent to an activating group) is 1. The smallest absolute Gasteiger partial charge is 0.461 e. The summed E-state index contributed by atoms with van der Waals surface area (Å²) in [7, 11) is 3.67. The Morgan fingerprint density at radius 3 is 2.19 bits per heavy atom. The Bertz CT molecular complexity index is 721. The third-order valence-corrected chi connectivity index (χ3v) is 4.17. The summed E-state index contributed by atoms with van der Waals surface area (Å²) in [4.78, 5) is 26.0. The van der Waals surface area contributed by atoms with Gasteiger partial charge in [-0.2, -0.15) is 17.6 Å². The zero-order valence-electron chi connectivity index (χ0n) is 14.6. The van der Waals surface area contributed by atoms with Crippen LogP contribution >= 0.6 is 23.2 Å². The lowest BCUT2D eigenvalue weighted by Crippen LogP contribution is -2.47. The van der Waals surface area contributed by atoms with E-state index in [1.54, 1.807) is 0 Å². The fourth-order valence-electron chi connectivity index (χ4n) is 1.88. The van der Waals surface area contributed by atoms with E-state index in [0.717, 1.165) is 29.0 Å². The number of benzene rings is 1. The number of carbonyl (C=O) groups is 2. The summed E-state index contributed by atoms with van der Waals surface area (Å²) in [5.74, 6) is -1.49. The van der Waals surface area contributed by atoms with E-state index < -0.39 is 41.3 Å². The Morgan fingerprint density at radius 1 is 1.15 bits per heavy atom. The highest BCUT2D eigenvalue weighted by molar-refractivity contribution is 6.37. The fourth-order valence-corrected chi connectivity index (χ4v) is 2.43. The molecule has 12 heteroatoms. The first-order chi connectivity index (χ1) is 12.3. The number of amides is 2. The number of urea groups is 1. The van der Waals surface area contributed by atoms with Gasteiger partial charge >= 0.3 is 24.5 Å². The van der Waals surface area contributed by atoms with Gasteiger partial charge in [0.05, 0.1) is 22.8 Å². The molecule has 1 aromatic carbocycles. The molecule has 0 saturated carbocycles. The molecule has 0 N–H and O–H groups in total. The molecule has 6 nitrogen and oxygen atoms in total. The van der Waals surface area contributed by atoms with Crippen molar-refractivity contribution in [3.8, 4) is 5.75 Å². The molecule has 152 valence electrons. The van der Waals surface area contributed by atoms with E-state index in [1.807, 2.05) is 0 Å². The molecule has 1 atom stereocenters. The normalized spacial score (nSPS) is 12.6. The summed E-state index contributed by atoms with van der Waals surface area (Å²) in [6.45, 7) is 1.40. The van der Waals surface area contributed by atoms with Crippen LogP contribution in [0.2, 0.25) is 10.0 Å². The average Bonchev–Trinajstić information content (AvgIpc) is 2.60. The molecule has 0 aliphatic heterocycles. The number of halogens is 6. The first-order valence-corrected chi connectivity index (χ1v) is 8.01. The Morgan fingerprint density at radius 2 is 1.70 bits per heavy atom. The van der Waals surface area contributed by atoms with Crippen LogP contribution in [0.25, 0.3) is 0 Å². The third kappa shape index (κ3) is 5.29. The maximum absolute atomic E-state index is 13.2. The largest absolute Gasteiger partial charge is 0.467 e. The summed E-state index contributed by atoms with van der Waals surface area (Å²) >= 11 is 11.7. The van der Waals surface area contributed by atoms with Crippen LogP contribution in [0.5, 0.6) is 5.75 Å². The van der Waals surface area contributed by atoms with E-state index in [9.17, 15) is 27.2 Å². The van der Waals surface area contributed by atoms with E-state index in [2.05, 4.69) is 9.47 Å². The number of esters is 1. The molecule has 0 bridgehead atoms. The molecule has 0 saturated heterocycles. The summed E-state index contributed by atoms with van der Waals surface area (Å²) in [6, 6.07) is 0.0526. The number of anilines is 1. The summed E-state index contributed by atoms with van der Waals surface area (Å²) < 4.78 is 59.5. The predicted molar refractivity (Wildman–Crippen MR) is 91.1 cm³/mol. The maximum Gasteiger partial charge on any atom is 0.461 e. The minimum atomic E-state index is -4.80. The van der Waals surface area contributed by atoms with Crippen molar-refractivity contribution in [2.75, 3.05) is 26.1 Å². The number of hydrogen-bond donors (Lipinski definition) is 0. The molecule has 0 aliphatic rings. The zero-order valence-corrected chi connectivity index (χ0v) is 16.1. The van der Waals surface area contributed by atoms with Crippen LogP contribution in [0.1, 0.15) is 6.92 Å². The van der Waals surface area contributed by atoms with Crippen molar-refractivity contribution in [3.05, 3.63) is 22.2 Å². The van der Waals surface area contributed by atoms with Crippen LogP contribution < -0.4 is 9.64 Å². The lowest BCUT2D eigenvalue weighted by molar-refractivity contribution is -0.253. The molecular weight excluding hydrogens is 419 g/mol. The molecule has 27 heavy (non-hydrogen) atoms.